The van der Waals surface area contributed by atoms with Gasteiger partial charge in [-0.15, -0.1) is 23.2 Å². The van der Waals surface area contributed by atoms with E-state index >= 15 is 0 Å². The van der Waals surface area contributed by atoms with Crippen molar-refractivity contribution in [1.82, 2.24) is 0 Å². The van der Waals surface area contributed by atoms with Crippen LogP contribution >= 0.6 is 46.4 Å². The summed E-state index contributed by atoms with van der Waals surface area (Å²) in [6.07, 6.45) is 0. The van der Waals surface area contributed by atoms with Crippen LogP contribution < -0.4 is 21.3 Å². The number of rotatable bonds is 16. The van der Waals surface area contributed by atoms with Gasteiger partial charge in [-0.1, -0.05) is 47.5 Å². The second-order valence-electron chi connectivity index (χ2n) is 13.0. The molecule has 5 aromatic carbocycles. The van der Waals surface area contributed by atoms with E-state index in [0.717, 1.165) is 11.1 Å². The zero-order chi connectivity index (χ0) is 43.3. The largest absolute Gasteiger partial charge is 0.324 e. The van der Waals surface area contributed by atoms with Gasteiger partial charge < -0.3 is 21.3 Å². The van der Waals surface area contributed by atoms with Gasteiger partial charge in [0.25, 0.3) is 23.6 Å². The van der Waals surface area contributed by atoms with Gasteiger partial charge in [0.2, 0.25) is 12.1 Å². The van der Waals surface area contributed by atoms with Crippen molar-refractivity contribution in [3.05, 3.63) is 141 Å². The molecule has 0 spiro atoms. The minimum atomic E-state index is -1.55. The molecular weight excluding hydrogens is 854 g/mol. The first-order chi connectivity index (χ1) is 28.7. The minimum Gasteiger partial charge on any atom is -0.324 e. The van der Waals surface area contributed by atoms with E-state index in [1.165, 1.54) is 74.5 Å². The summed E-state index contributed by atoms with van der Waals surface area (Å²) in [5.74, 6) is -3.13. The van der Waals surface area contributed by atoms with Crippen molar-refractivity contribution in [1.29, 1.82) is 0 Å². The number of hydrogen-bond acceptors (Lipinski definition) is 10. The molecule has 0 aliphatic carbocycles. The molecule has 0 saturated carbocycles. The SMILES string of the molecule is CC(=O)C(N=Nc1cc(Cl)cc(C(=O)Nc2ccc(CCl)cc2)c1)C(=O)Nc1ccc(NC(=O)C(N=Nc2cc(Cl)cc(C(=O)Nc3ccc(CCl)cc3)c2)C(C)=O)cc1. The van der Waals surface area contributed by atoms with E-state index in [0.29, 0.717) is 23.1 Å². The smallest absolute Gasteiger partial charge is 0.258 e. The van der Waals surface area contributed by atoms with Crippen LogP contribution in [-0.2, 0) is 30.9 Å². The number of halogens is 4. The predicted octanol–water partition coefficient (Wildman–Crippen LogP) is 10.3. The van der Waals surface area contributed by atoms with Crippen molar-refractivity contribution >= 4 is 116 Å². The highest BCUT2D eigenvalue weighted by Crippen LogP contribution is 2.26. The molecule has 2 unspecified atom stereocenters. The van der Waals surface area contributed by atoms with Gasteiger partial charge in [0, 0.05) is 55.7 Å². The van der Waals surface area contributed by atoms with Crippen molar-refractivity contribution in [3.8, 4) is 0 Å². The van der Waals surface area contributed by atoms with Crippen LogP contribution in [0.3, 0.4) is 0 Å². The van der Waals surface area contributed by atoms with Gasteiger partial charge >= 0.3 is 0 Å². The molecule has 60 heavy (non-hydrogen) atoms. The number of ketones is 2. The number of amides is 4. The zero-order valence-corrected chi connectivity index (χ0v) is 34.7. The second-order valence-corrected chi connectivity index (χ2v) is 14.4. The van der Waals surface area contributed by atoms with Crippen LogP contribution in [0, 0.1) is 0 Å². The van der Waals surface area contributed by atoms with E-state index in [9.17, 15) is 28.8 Å². The van der Waals surface area contributed by atoms with Gasteiger partial charge in [-0.25, -0.2) is 0 Å². The van der Waals surface area contributed by atoms with Crippen molar-refractivity contribution in [2.24, 2.45) is 20.5 Å². The lowest BCUT2D eigenvalue weighted by Crippen LogP contribution is -2.32. The van der Waals surface area contributed by atoms with Crippen molar-refractivity contribution < 1.29 is 28.8 Å². The summed E-state index contributed by atoms with van der Waals surface area (Å²) >= 11 is 24.1. The quantitative estimate of drug-likeness (QED) is 0.0431. The average Bonchev–Trinajstić information content (AvgIpc) is 3.21. The van der Waals surface area contributed by atoms with E-state index in [-0.39, 0.29) is 43.9 Å². The van der Waals surface area contributed by atoms with Crippen LogP contribution in [0.15, 0.2) is 130 Å². The summed E-state index contributed by atoms with van der Waals surface area (Å²) in [5, 5.41) is 26.9. The average molecular weight is 889 g/mol. The van der Waals surface area contributed by atoms with Crippen molar-refractivity contribution in [2.75, 3.05) is 21.3 Å². The van der Waals surface area contributed by atoms with Crippen molar-refractivity contribution in [2.45, 2.75) is 37.7 Å². The third kappa shape index (κ3) is 12.8. The Hall–Kier alpha value is -6.32. The molecule has 4 amide bonds. The highest BCUT2D eigenvalue weighted by atomic mass is 35.5. The highest BCUT2D eigenvalue weighted by molar-refractivity contribution is 6.31. The Kier molecular flexibility index (Phi) is 15.7. The van der Waals surface area contributed by atoms with Crippen LogP contribution in [-0.4, -0.2) is 47.3 Å². The summed E-state index contributed by atoms with van der Waals surface area (Å²) in [4.78, 5) is 76.9. The lowest BCUT2D eigenvalue weighted by molar-refractivity contribution is -0.127. The topological polar surface area (TPSA) is 200 Å². The number of anilines is 4. The van der Waals surface area contributed by atoms with Crippen LogP contribution in [0.5, 0.6) is 0 Å². The van der Waals surface area contributed by atoms with Gasteiger partial charge in [0.05, 0.1) is 11.4 Å². The number of benzene rings is 5. The summed E-state index contributed by atoms with van der Waals surface area (Å²) in [7, 11) is 0. The predicted molar refractivity (Wildman–Crippen MR) is 232 cm³/mol. The Labute approximate surface area is 363 Å². The summed E-state index contributed by atoms with van der Waals surface area (Å²) in [6.45, 7) is 2.34. The van der Waals surface area contributed by atoms with E-state index in [2.05, 4.69) is 41.7 Å². The van der Waals surface area contributed by atoms with E-state index < -0.39 is 47.3 Å². The summed E-state index contributed by atoms with van der Waals surface area (Å²) < 4.78 is 0. The zero-order valence-electron chi connectivity index (χ0n) is 31.7. The number of hydrogen-bond donors (Lipinski definition) is 4. The molecule has 0 radical (unpaired) electrons. The Bertz CT molecular complexity index is 2310. The number of azo groups is 2. The summed E-state index contributed by atoms with van der Waals surface area (Å²) in [5.41, 5.74) is 3.89. The molecule has 0 bridgehead atoms. The molecule has 0 fully saturated rings. The first kappa shape index (κ1) is 44.8. The number of Topliss-reactive ketones (excluding diaryl/α,β-unsaturated/α-hetero) is 2. The minimum absolute atomic E-state index is 0.123. The molecule has 4 N–H and O–H groups in total. The first-order valence-electron chi connectivity index (χ1n) is 17.8. The normalized spacial score (nSPS) is 12.1. The van der Waals surface area contributed by atoms with E-state index in [1.807, 2.05) is 0 Å². The Morgan fingerprint density at radius 3 is 1.12 bits per heavy atom. The maximum absolute atomic E-state index is 13.1. The Morgan fingerprint density at radius 1 is 0.483 bits per heavy atom. The lowest BCUT2D eigenvalue weighted by atomic mass is 10.1. The third-order valence-corrected chi connectivity index (χ3v) is 9.34. The molecule has 2 atom stereocenters. The molecule has 18 heteroatoms. The molecule has 5 rings (SSSR count). The number of nitrogens with zero attached hydrogens (tertiary/aromatic N) is 4. The monoisotopic (exact) mass is 886 g/mol. The molecule has 0 aliphatic heterocycles. The molecule has 14 nitrogen and oxygen atoms in total. The molecule has 306 valence electrons. The fourth-order valence-electron chi connectivity index (χ4n) is 5.23. The van der Waals surface area contributed by atoms with Crippen molar-refractivity contribution in [3.63, 3.8) is 0 Å². The fourth-order valence-corrected chi connectivity index (χ4v) is 6.05. The summed E-state index contributed by atoms with van der Waals surface area (Å²) in [6, 6.07) is 25.1. The van der Waals surface area contributed by atoms with Gasteiger partial charge in [-0.3, -0.25) is 28.8 Å². The van der Waals surface area contributed by atoms with Crippen LogP contribution in [0.1, 0.15) is 45.7 Å². The first-order valence-corrected chi connectivity index (χ1v) is 19.6. The molecule has 0 aromatic heterocycles. The highest BCUT2D eigenvalue weighted by Gasteiger charge is 2.25. The molecule has 0 saturated heterocycles. The Balaban J connectivity index is 1.20. The molecule has 0 aliphatic rings. The van der Waals surface area contributed by atoms with Gasteiger partial charge in [0.15, 0.2) is 11.6 Å². The Morgan fingerprint density at radius 2 is 0.800 bits per heavy atom. The maximum atomic E-state index is 13.1. The molecule has 5 aromatic rings. The number of carbonyl (C=O) groups excluding carboxylic acids is 6. The van der Waals surface area contributed by atoms with Crippen LogP contribution in [0.4, 0.5) is 34.1 Å². The van der Waals surface area contributed by atoms with E-state index in [1.54, 1.807) is 48.5 Å². The third-order valence-electron chi connectivity index (χ3n) is 8.29. The van der Waals surface area contributed by atoms with Gasteiger partial charge in [-0.2, -0.15) is 20.5 Å². The number of alkyl halides is 2. The number of carbonyl (C=O) groups is 6. The standard InChI is InChI=1S/C42H34Cl4N8O6/c1-23(55)37(53-51-35-17-27(15-29(45)19-35)39(57)47-31-7-3-25(21-43)4-8-31)41(59)49-33-11-13-34(14-12-33)50-42(60)38(24(2)56)54-52-36-18-28(16-30(46)20-36)40(58)48-32-9-5-26(22-44)6-10-32/h3-20,37-38H,21-22H2,1-2H3,(H,47,57)(H,48,58)(H,49,59)(H,50,60). The lowest BCUT2D eigenvalue weighted by Gasteiger charge is -2.12. The molecular formula is C42H34Cl4N8O6. The van der Waals surface area contributed by atoms with Gasteiger partial charge in [-0.05, 0) is 110 Å². The second kappa shape index (κ2) is 21.1. The maximum Gasteiger partial charge on any atom is 0.258 e. The molecule has 0 heterocycles. The van der Waals surface area contributed by atoms with Crippen LogP contribution in [0.25, 0.3) is 0 Å². The van der Waals surface area contributed by atoms with Gasteiger partial charge in [0.1, 0.15) is 0 Å². The number of nitrogens with one attached hydrogen (secondary N) is 4. The van der Waals surface area contributed by atoms with Crippen LogP contribution in [0.2, 0.25) is 10.0 Å². The fraction of sp³-hybridized carbons (Fsp3) is 0.143. The van der Waals surface area contributed by atoms with E-state index in [4.69, 9.17) is 46.4 Å².